The normalized spacial score (nSPS) is 10.8. The molecule has 138 valence electrons. The van der Waals surface area contributed by atoms with E-state index in [-0.39, 0.29) is 16.3 Å². The van der Waals surface area contributed by atoms with E-state index in [1.54, 1.807) is 0 Å². The van der Waals surface area contributed by atoms with Crippen molar-refractivity contribution in [3.63, 3.8) is 0 Å². The molecule has 0 bridgehead atoms. The van der Waals surface area contributed by atoms with Crippen LogP contribution < -0.4 is 10.2 Å². The van der Waals surface area contributed by atoms with E-state index < -0.39 is 10.8 Å². The summed E-state index contributed by atoms with van der Waals surface area (Å²) in [6.45, 7) is 7.52. The van der Waals surface area contributed by atoms with Gasteiger partial charge in [-0.05, 0) is 31.5 Å². The molecule has 0 radical (unpaired) electrons. The number of nitrogens with zero attached hydrogens (tertiary/aromatic N) is 1. The Kier molecular flexibility index (Phi) is 7.12. The zero-order valence-corrected chi connectivity index (χ0v) is 15.7. The highest BCUT2D eigenvalue weighted by atomic mass is 35.5. The lowest BCUT2D eigenvalue weighted by Gasteiger charge is -2.18. The number of nitro benzene ring substituents is 1. The fraction of sp³-hybridized carbons (Fsp3) is 0.316. The van der Waals surface area contributed by atoms with Crippen molar-refractivity contribution in [2.24, 2.45) is 0 Å². The topological polar surface area (TPSA) is 76.7 Å². The number of benzene rings is 2. The molecule has 0 spiro atoms. The van der Waals surface area contributed by atoms with Gasteiger partial charge in [0.2, 0.25) is 0 Å². The second kappa shape index (κ2) is 9.31. The summed E-state index contributed by atoms with van der Waals surface area (Å²) in [5, 5.41) is 14.2. The summed E-state index contributed by atoms with van der Waals surface area (Å²) < 4.78 is 0. The highest BCUT2D eigenvalue weighted by molar-refractivity contribution is 6.31. The molecule has 0 aliphatic rings. The number of halogens is 1. The molecule has 1 amide bonds. The Morgan fingerprint density at radius 2 is 1.81 bits per heavy atom. The van der Waals surface area contributed by atoms with Gasteiger partial charge in [-0.2, -0.15) is 0 Å². The predicted molar refractivity (Wildman–Crippen MR) is 101 cm³/mol. The van der Waals surface area contributed by atoms with E-state index in [0.29, 0.717) is 6.54 Å². The Labute approximate surface area is 157 Å². The first-order valence-electron chi connectivity index (χ1n) is 8.58. The van der Waals surface area contributed by atoms with Gasteiger partial charge in [0.1, 0.15) is 12.1 Å². The zero-order chi connectivity index (χ0) is 19.1. The Balaban J connectivity index is 2.15. The lowest BCUT2D eigenvalue weighted by molar-refractivity contribution is -0.910. The molecule has 2 aromatic rings. The van der Waals surface area contributed by atoms with Gasteiger partial charge in [0.25, 0.3) is 11.6 Å². The van der Waals surface area contributed by atoms with Crippen molar-refractivity contribution in [3.05, 3.63) is 74.3 Å². The Bertz CT molecular complexity index is 791. The first-order chi connectivity index (χ1) is 12.5. The van der Waals surface area contributed by atoms with Gasteiger partial charge >= 0.3 is 0 Å². The largest absolute Gasteiger partial charge is 0.348 e. The molecule has 26 heavy (non-hydrogen) atoms. The van der Waals surface area contributed by atoms with Crippen LogP contribution in [0, 0.1) is 10.1 Å². The summed E-state index contributed by atoms with van der Waals surface area (Å²) in [7, 11) is 0. The standard InChI is InChI=1S/C19H22ClN3O3/c1-3-22(4-2)13-15-8-6-5-7-14(15)12-21-19(24)17-10-9-16(20)11-18(17)23(25)26/h5-11H,3-4,12-13H2,1-2H3,(H,21,24)/p+1. The maximum Gasteiger partial charge on any atom is 0.283 e. The van der Waals surface area contributed by atoms with Gasteiger partial charge in [0.05, 0.1) is 18.0 Å². The summed E-state index contributed by atoms with van der Waals surface area (Å²) in [6, 6.07) is 12.0. The lowest BCUT2D eigenvalue weighted by Crippen LogP contribution is -3.10. The number of hydrogen-bond acceptors (Lipinski definition) is 3. The third kappa shape index (κ3) is 5.03. The average molecular weight is 377 g/mol. The monoisotopic (exact) mass is 376 g/mol. The van der Waals surface area contributed by atoms with Crippen LogP contribution in [0.2, 0.25) is 5.02 Å². The first-order valence-corrected chi connectivity index (χ1v) is 8.96. The smallest absolute Gasteiger partial charge is 0.283 e. The minimum Gasteiger partial charge on any atom is -0.348 e. The zero-order valence-electron chi connectivity index (χ0n) is 14.9. The molecule has 7 heteroatoms. The van der Waals surface area contributed by atoms with Crippen molar-refractivity contribution in [1.29, 1.82) is 0 Å². The molecule has 0 aromatic heterocycles. The minimum atomic E-state index is -0.599. The van der Waals surface area contributed by atoms with Crippen LogP contribution in [0.15, 0.2) is 42.5 Å². The van der Waals surface area contributed by atoms with Crippen molar-refractivity contribution in [2.75, 3.05) is 13.1 Å². The van der Waals surface area contributed by atoms with Crippen LogP contribution in [0.25, 0.3) is 0 Å². The number of carbonyl (C=O) groups is 1. The van der Waals surface area contributed by atoms with Crippen molar-refractivity contribution >= 4 is 23.2 Å². The van der Waals surface area contributed by atoms with E-state index >= 15 is 0 Å². The molecule has 0 saturated carbocycles. The minimum absolute atomic E-state index is 0.00579. The quantitative estimate of drug-likeness (QED) is 0.549. The number of hydrogen-bond donors (Lipinski definition) is 2. The van der Waals surface area contributed by atoms with Gasteiger partial charge in [0.15, 0.2) is 0 Å². The molecule has 2 rings (SSSR count). The van der Waals surface area contributed by atoms with Gasteiger partial charge in [0, 0.05) is 23.2 Å². The number of nitro groups is 1. The summed E-state index contributed by atoms with van der Waals surface area (Å²) >= 11 is 5.80. The third-order valence-electron chi connectivity index (χ3n) is 4.40. The Morgan fingerprint density at radius 3 is 2.42 bits per heavy atom. The van der Waals surface area contributed by atoms with Crippen LogP contribution in [0.4, 0.5) is 5.69 Å². The number of nitrogens with one attached hydrogen (secondary N) is 2. The van der Waals surface area contributed by atoms with Crippen molar-refractivity contribution in [2.45, 2.75) is 26.9 Å². The number of quaternary nitrogens is 1. The molecule has 0 saturated heterocycles. The predicted octanol–water partition coefficient (Wildman–Crippen LogP) is 2.60. The molecule has 0 unspecified atom stereocenters. The summed E-state index contributed by atoms with van der Waals surface area (Å²) in [6.07, 6.45) is 0. The highest BCUT2D eigenvalue weighted by Crippen LogP contribution is 2.23. The Morgan fingerprint density at radius 1 is 1.15 bits per heavy atom. The SMILES string of the molecule is CC[NH+](CC)Cc1ccccc1CNC(=O)c1ccc(Cl)cc1[N+](=O)[O-]. The van der Waals surface area contributed by atoms with Gasteiger partial charge < -0.3 is 10.2 Å². The van der Waals surface area contributed by atoms with Gasteiger partial charge in [-0.15, -0.1) is 0 Å². The van der Waals surface area contributed by atoms with E-state index in [9.17, 15) is 14.9 Å². The summed E-state index contributed by atoms with van der Waals surface area (Å²) in [5.74, 6) is -0.488. The van der Waals surface area contributed by atoms with Gasteiger partial charge in [-0.3, -0.25) is 14.9 Å². The van der Waals surface area contributed by atoms with Crippen LogP contribution in [0.3, 0.4) is 0 Å². The fourth-order valence-corrected chi connectivity index (χ4v) is 2.96. The van der Waals surface area contributed by atoms with Gasteiger partial charge in [-0.1, -0.05) is 35.9 Å². The fourth-order valence-electron chi connectivity index (χ4n) is 2.79. The van der Waals surface area contributed by atoms with Crippen LogP contribution in [0.5, 0.6) is 0 Å². The average Bonchev–Trinajstić information content (AvgIpc) is 2.64. The van der Waals surface area contributed by atoms with E-state index in [1.807, 2.05) is 18.2 Å². The number of rotatable bonds is 8. The molecule has 0 aliphatic heterocycles. The van der Waals surface area contributed by atoms with Crippen LogP contribution in [-0.2, 0) is 13.1 Å². The highest BCUT2D eigenvalue weighted by Gasteiger charge is 2.20. The van der Waals surface area contributed by atoms with E-state index in [0.717, 1.165) is 30.8 Å². The van der Waals surface area contributed by atoms with E-state index in [2.05, 4.69) is 25.2 Å². The molecule has 2 aromatic carbocycles. The van der Waals surface area contributed by atoms with Crippen LogP contribution in [-0.4, -0.2) is 23.9 Å². The number of amides is 1. The van der Waals surface area contributed by atoms with Crippen molar-refractivity contribution in [3.8, 4) is 0 Å². The molecule has 0 heterocycles. The molecule has 0 aliphatic carbocycles. The van der Waals surface area contributed by atoms with Crippen molar-refractivity contribution < 1.29 is 14.6 Å². The maximum atomic E-state index is 12.4. The maximum absolute atomic E-state index is 12.4. The van der Waals surface area contributed by atoms with Crippen LogP contribution in [0.1, 0.15) is 35.3 Å². The molecular weight excluding hydrogens is 354 g/mol. The molecular formula is C19H23ClN3O3+. The van der Waals surface area contributed by atoms with Gasteiger partial charge in [-0.25, -0.2) is 0 Å². The molecule has 2 N–H and O–H groups in total. The lowest BCUT2D eigenvalue weighted by atomic mass is 10.1. The van der Waals surface area contributed by atoms with E-state index in [1.165, 1.54) is 23.1 Å². The summed E-state index contributed by atoms with van der Waals surface area (Å²) in [5.41, 5.74) is 1.89. The molecule has 6 nitrogen and oxygen atoms in total. The van der Waals surface area contributed by atoms with Crippen LogP contribution >= 0.6 is 11.6 Å². The molecule has 0 fully saturated rings. The summed E-state index contributed by atoms with van der Waals surface area (Å²) in [4.78, 5) is 24.4. The third-order valence-corrected chi connectivity index (χ3v) is 4.63. The second-order valence-corrected chi connectivity index (χ2v) is 6.44. The van der Waals surface area contributed by atoms with Crippen molar-refractivity contribution in [1.82, 2.24) is 5.32 Å². The van der Waals surface area contributed by atoms with E-state index in [4.69, 9.17) is 11.6 Å². The molecule has 0 atom stereocenters. The Hall–Kier alpha value is -2.44. The number of carbonyl (C=O) groups excluding carboxylic acids is 1. The second-order valence-electron chi connectivity index (χ2n) is 6.00. The first kappa shape index (κ1) is 19.9.